The van der Waals surface area contributed by atoms with Crippen molar-refractivity contribution in [3.05, 3.63) is 45.7 Å². The molecule has 0 fully saturated rings. The van der Waals surface area contributed by atoms with Crippen molar-refractivity contribution >= 4 is 33.6 Å². The van der Waals surface area contributed by atoms with Crippen molar-refractivity contribution in [2.45, 2.75) is 6.54 Å². The smallest absolute Gasteiger partial charge is 0.360 e. The number of ether oxygens (including phenoxy) is 1. The molecule has 0 atom stereocenters. The van der Waals surface area contributed by atoms with Gasteiger partial charge in [-0.25, -0.2) is 9.59 Å². The Hall–Kier alpha value is -2.35. The van der Waals surface area contributed by atoms with Crippen LogP contribution < -0.4 is 5.73 Å². The van der Waals surface area contributed by atoms with Gasteiger partial charge in [-0.2, -0.15) is 5.10 Å². The third-order valence-electron chi connectivity index (χ3n) is 2.82. The average molecular weight is 354 g/mol. The van der Waals surface area contributed by atoms with Gasteiger partial charge in [0.05, 0.1) is 13.7 Å². The van der Waals surface area contributed by atoms with Gasteiger partial charge >= 0.3 is 11.9 Å². The molecule has 110 valence electrons. The van der Waals surface area contributed by atoms with Gasteiger partial charge in [0.1, 0.15) is 5.69 Å². The van der Waals surface area contributed by atoms with Gasteiger partial charge in [0.2, 0.25) is 0 Å². The minimum Gasteiger partial charge on any atom is -0.476 e. The topological polar surface area (TPSA) is 107 Å². The summed E-state index contributed by atoms with van der Waals surface area (Å²) in [4.78, 5) is 22.9. The molecule has 0 aliphatic carbocycles. The lowest BCUT2D eigenvalue weighted by atomic mass is 10.2. The van der Waals surface area contributed by atoms with Crippen molar-refractivity contribution in [3.63, 3.8) is 0 Å². The van der Waals surface area contributed by atoms with Crippen molar-refractivity contribution in [1.29, 1.82) is 0 Å². The molecule has 2 rings (SSSR count). The summed E-state index contributed by atoms with van der Waals surface area (Å²) in [5.41, 5.74) is 5.86. The van der Waals surface area contributed by atoms with E-state index >= 15 is 0 Å². The van der Waals surface area contributed by atoms with Crippen LogP contribution in [-0.4, -0.2) is 33.9 Å². The second-order valence-corrected chi connectivity index (χ2v) is 5.11. The molecule has 0 bridgehead atoms. The minimum absolute atomic E-state index is 0.177. The fourth-order valence-corrected chi connectivity index (χ4v) is 2.09. The van der Waals surface area contributed by atoms with E-state index in [2.05, 4.69) is 25.8 Å². The van der Waals surface area contributed by atoms with Crippen molar-refractivity contribution in [2.75, 3.05) is 12.8 Å². The summed E-state index contributed by atoms with van der Waals surface area (Å²) in [6.45, 7) is 0.177. The number of nitrogen functional groups attached to an aromatic ring is 1. The van der Waals surface area contributed by atoms with Crippen LogP contribution in [-0.2, 0) is 11.3 Å². The number of carbonyl (C=O) groups excluding carboxylic acids is 1. The number of nitrogens with two attached hydrogens (primary N) is 1. The first-order valence-electron chi connectivity index (χ1n) is 5.86. The number of carbonyl (C=O) groups is 2. The molecule has 21 heavy (non-hydrogen) atoms. The van der Waals surface area contributed by atoms with Crippen LogP contribution in [0.4, 0.5) is 5.69 Å². The molecule has 1 aromatic heterocycles. The maximum atomic E-state index is 11.5. The van der Waals surface area contributed by atoms with Gasteiger partial charge in [0, 0.05) is 4.47 Å². The highest BCUT2D eigenvalue weighted by atomic mass is 79.9. The number of methoxy groups -OCH3 is 1. The highest BCUT2D eigenvalue weighted by Crippen LogP contribution is 2.20. The number of rotatable bonds is 4. The van der Waals surface area contributed by atoms with E-state index in [1.54, 1.807) is 0 Å². The predicted octanol–water partition coefficient (Wildman–Crippen LogP) is 1.76. The predicted molar refractivity (Wildman–Crippen MR) is 78.2 cm³/mol. The highest BCUT2D eigenvalue weighted by Gasteiger charge is 2.25. The lowest BCUT2D eigenvalue weighted by molar-refractivity contribution is 0.0593. The van der Waals surface area contributed by atoms with Crippen LogP contribution in [0.25, 0.3) is 0 Å². The number of aromatic nitrogens is 2. The molecular formula is C13H12BrN3O4. The van der Waals surface area contributed by atoms with E-state index in [9.17, 15) is 14.7 Å². The monoisotopic (exact) mass is 353 g/mol. The number of carboxylic acid groups (broad SMARTS) is 1. The molecule has 0 unspecified atom stereocenters. The summed E-state index contributed by atoms with van der Waals surface area (Å²) < 4.78 is 6.61. The molecule has 0 saturated heterocycles. The van der Waals surface area contributed by atoms with Gasteiger partial charge in [-0.1, -0.05) is 28.1 Å². The lowest BCUT2D eigenvalue weighted by Crippen LogP contribution is -2.12. The molecule has 2 aromatic rings. The van der Waals surface area contributed by atoms with Gasteiger partial charge in [-0.05, 0) is 17.7 Å². The van der Waals surface area contributed by atoms with E-state index in [1.165, 1.54) is 11.8 Å². The highest BCUT2D eigenvalue weighted by molar-refractivity contribution is 9.10. The van der Waals surface area contributed by atoms with Gasteiger partial charge in [-0.15, -0.1) is 0 Å². The Morgan fingerprint density at radius 3 is 2.52 bits per heavy atom. The number of halogens is 1. The fraction of sp³-hybridized carbons (Fsp3) is 0.154. The van der Waals surface area contributed by atoms with Crippen LogP contribution in [0.1, 0.15) is 26.5 Å². The first-order valence-corrected chi connectivity index (χ1v) is 6.65. The Balaban J connectivity index is 2.44. The third kappa shape index (κ3) is 3.05. The zero-order valence-corrected chi connectivity index (χ0v) is 12.6. The average Bonchev–Trinajstić information content (AvgIpc) is 2.77. The lowest BCUT2D eigenvalue weighted by Gasteiger charge is -2.05. The molecular weight excluding hydrogens is 342 g/mol. The van der Waals surface area contributed by atoms with Crippen LogP contribution >= 0.6 is 15.9 Å². The maximum Gasteiger partial charge on any atom is 0.360 e. The van der Waals surface area contributed by atoms with E-state index in [1.807, 2.05) is 24.3 Å². The number of hydrogen-bond donors (Lipinski definition) is 2. The molecule has 0 aliphatic heterocycles. The minimum atomic E-state index is -1.26. The Morgan fingerprint density at radius 1 is 1.38 bits per heavy atom. The molecule has 8 heteroatoms. The van der Waals surface area contributed by atoms with Crippen LogP contribution in [0, 0.1) is 0 Å². The summed E-state index contributed by atoms with van der Waals surface area (Å²) >= 11 is 3.31. The standard InChI is InChI=1S/C13H12BrN3O4/c1-21-13(20)10-9(15)11(12(18)19)17(16-10)6-7-2-4-8(14)5-3-7/h2-5H,6,15H2,1H3,(H,18,19). The Bertz CT molecular complexity index is 694. The quantitative estimate of drug-likeness (QED) is 0.811. The van der Waals surface area contributed by atoms with E-state index < -0.39 is 11.9 Å². The molecule has 1 heterocycles. The molecule has 3 N–H and O–H groups in total. The Morgan fingerprint density at radius 2 is 2.00 bits per heavy atom. The largest absolute Gasteiger partial charge is 0.476 e. The number of aromatic carboxylic acids is 1. The van der Waals surface area contributed by atoms with E-state index in [-0.39, 0.29) is 23.6 Å². The Labute approximate surface area is 128 Å². The number of anilines is 1. The van der Waals surface area contributed by atoms with Gasteiger partial charge in [0.15, 0.2) is 11.4 Å². The molecule has 0 spiro atoms. The van der Waals surface area contributed by atoms with Crippen molar-refractivity contribution in [1.82, 2.24) is 9.78 Å². The summed E-state index contributed by atoms with van der Waals surface area (Å²) in [7, 11) is 1.18. The van der Waals surface area contributed by atoms with E-state index in [4.69, 9.17) is 5.73 Å². The van der Waals surface area contributed by atoms with Gasteiger partial charge in [-0.3, -0.25) is 4.68 Å². The van der Waals surface area contributed by atoms with Gasteiger partial charge < -0.3 is 15.6 Å². The first-order chi connectivity index (χ1) is 9.93. The van der Waals surface area contributed by atoms with Crippen molar-refractivity contribution in [3.8, 4) is 0 Å². The zero-order chi connectivity index (χ0) is 15.6. The van der Waals surface area contributed by atoms with E-state index in [0.29, 0.717) is 0 Å². The number of carboxylic acids is 1. The summed E-state index contributed by atoms with van der Waals surface area (Å²) in [5.74, 6) is -2.03. The zero-order valence-electron chi connectivity index (χ0n) is 11.0. The SMILES string of the molecule is COC(=O)c1nn(Cc2ccc(Br)cc2)c(C(=O)O)c1N. The van der Waals surface area contributed by atoms with Crippen LogP contribution in [0.3, 0.4) is 0 Å². The maximum absolute atomic E-state index is 11.5. The third-order valence-corrected chi connectivity index (χ3v) is 3.34. The molecule has 0 saturated carbocycles. The Kier molecular flexibility index (Phi) is 4.27. The molecule has 0 amide bonds. The van der Waals surface area contributed by atoms with Crippen molar-refractivity contribution < 1.29 is 19.4 Å². The van der Waals surface area contributed by atoms with Crippen LogP contribution in [0.5, 0.6) is 0 Å². The summed E-state index contributed by atoms with van der Waals surface area (Å²) in [5, 5.41) is 13.2. The summed E-state index contributed by atoms with van der Waals surface area (Å²) in [6.07, 6.45) is 0. The second-order valence-electron chi connectivity index (χ2n) is 4.19. The molecule has 7 nitrogen and oxygen atoms in total. The summed E-state index contributed by atoms with van der Waals surface area (Å²) in [6, 6.07) is 7.27. The number of hydrogen-bond acceptors (Lipinski definition) is 5. The normalized spacial score (nSPS) is 10.4. The van der Waals surface area contributed by atoms with Gasteiger partial charge in [0.25, 0.3) is 0 Å². The molecule has 0 radical (unpaired) electrons. The first kappa shape index (κ1) is 15.0. The van der Waals surface area contributed by atoms with Crippen molar-refractivity contribution in [2.24, 2.45) is 0 Å². The fourth-order valence-electron chi connectivity index (χ4n) is 1.83. The van der Waals surface area contributed by atoms with Crippen LogP contribution in [0.2, 0.25) is 0 Å². The van der Waals surface area contributed by atoms with E-state index in [0.717, 1.165) is 10.0 Å². The van der Waals surface area contributed by atoms with Crippen LogP contribution in [0.15, 0.2) is 28.7 Å². The number of nitrogens with zero attached hydrogens (tertiary/aromatic N) is 2. The molecule has 0 aliphatic rings. The number of benzene rings is 1. The molecule has 1 aromatic carbocycles. The number of esters is 1. The second kappa shape index (κ2) is 5.96.